The van der Waals surface area contributed by atoms with E-state index in [9.17, 15) is 14.4 Å². The standard InChI is InChI=1S/C30H40O6/c1-15-17(3)30(36-27(15)33)26(34-18(4)31)16(2)25-24(35-30)14-23-21-8-7-19-13-20(32)9-11-28(19,5)22(21)10-12-29(23,25)6/h9,11,13,15-17,21-26H,7-8,10,12,14H2,1-6H3. The van der Waals surface area contributed by atoms with Crippen LogP contribution in [-0.4, -0.2) is 35.7 Å². The fourth-order valence-corrected chi connectivity index (χ4v) is 9.86. The molecule has 6 aliphatic rings. The molecular weight excluding hydrogens is 456 g/mol. The summed E-state index contributed by atoms with van der Waals surface area (Å²) in [6.07, 6.45) is 10.4. The van der Waals surface area contributed by atoms with E-state index in [4.69, 9.17) is 14.2 Å². The van der Waals surface area contributed by atoms with Crippen molar-refractivity contribution in [1.29, 1.82) is 0 Å². The van der Waals surface area contributed by atoms with Crippen molar-refractivity contribution in [2.24, 2.45) is 52.3 Å². The molecule has 3 saturated carbocycles. The smallest absolute Gasteiger partial charge is 0.311 e. The predicted molar refractivity (Wildman–Crippen MR) is 132 cm³/mol. The first-order valence-corrected chi connectivity index (χ1v) is 13.9. The van der Waals surface area contributed by atoms with Gasteiger partial charge in [-0.15, -0.1) is 0 Å². The molecule has 12 unspecified atom stereocenters. The molecule has 6 nitrogen and oxygen atoms in total. The molecule has 0 aromatic rings. The zero-order valence-corrected chi connectivity index (χ0v) is 22.4. The fraction of sp³-hybridized carbons (Fsp3) is 0.767. The Morgan fingerprint density at radius 2 is 1.86 bits per heavy atom. The van der Waals surface area contributed by atoms with Crippen LogP contribution in [0.3, 0.4) is 0 Å². The van der Waals surface area contributed by atoms with Gasteiger partial charge in [0, 0.05) is 24.2 Å². The number of esters is 2. The summed E-state index contributed by atoms with van der Waals surface area (Å²) in [5, 5.41) is 0. The molecule has 0 aromatic carbocycles. The Labute approximate surface area is 214 Å². The Hall–Kier alpha value is -1.95. The summed E-state index contributed by atoms with van der Waals surface area (Å²) in [6.45, 7) is 12.2. The number of allylic oxidation sites excluding steroid dienone is 4. The van der Waals surface area contributed by atoms with E-state index in [1.807, 2.05) is 19.9 Å². The van der Waals surface area contributed by atoms with E-state index in [-0.39, 0.29) is 58.3 Å². The zero-order valence-electron chi connectivity index (χ0n) is 22.4. The number of ether oxygens (including phenoxy) is 3. The number of carbonyl (C=O) groups excluding carboxylic acids is 3. The molecule has 1 spiro atoms. The quantitative estimate of drug-likeness (QED) is 0.475. The Kier molecular flexibility index (Phi) is 5.27. The van der Waals surface area contributed by atoms with Gasteiger partial charge >= 0.3 is 11.9 Å². The number of rotatable bonds is 1. The second kappa shape index (κ2) is 7.78. The molecule has 12 atom stereocenters. The number of hydrogen-bond donors (Lipinski definition) is 0. The summed E-state index contributed by atoms with van der Waals surface area (Å²) in [5.74, 6) is -0.451. The van der Waals surface area contributed by atoms with Crippen molar-refractivity contribution in [1.82, 2.24) is 0 Å². The molecule has 2 aliphatic heterocycles. The molecule has 4 aliphatic carbocycles. The van der Waals surface area contributed by atoms with Crippen LogP contribution in [0.5, 0.6) is 0 Å². The van der Waals surface area contributed by atoms with Gasteiger partial charge in [0.1, 0.15) is 0 Å². The summed E-state index contributed by atoms with van der Waals surface area (Å²) in [5.41, 5.74) is 1.31. The summed E-state index contributed by atoms with van der Waals surface area (Å²) >= 11 is 0. The minimum atomic E-state index is -1.22. The maximum atomic E-state index is 12.7. The third kappa shape index (κ3) is 3.03. The summed E-state index contributed by atoms with van der Waals surface area (Å²) in [6, 6.07) is 0. The van der Waals surface area contributed by atoms with Gasteiger partial charge in [-0.05, 0) is 73.3 Å². The van der Waals surface area contributed by atoms with Crippen LogP contribution in [-0.2, 0) is 28.6 Å². The van der Waals surface area contributed by atoms with Gasteiger partial charge in [-0.1, -0.05) is 46.3 Å². The minimum Gasteiger partial charge on any atom is -0.455 e. The molecule has 5 fully saturated rings. The Balaban J connectivity index is 1.36. The van der Waals surface area contributed by atoms with E-state index in [2.05, 4.69) is 26.8 Å². The SMILES string of the molecule is CC(=O)OC1C(C)C2C(CC3C4CCC5=CC(=O)C=CC5(C)C4CCC32C)OC12OC(=O)C(C)C2C. The molecule has 6 heteroatoms. The normalized spacial score (nSPS) is 53.2. The van der Waals surface area contributed by atoms with Gasteiger partial charge in [-0.3, -0.25) is 14.4 Å². The van der Waals surface area contributed by atoms with E-state index in [1.165, 1.54) is 12.5 Å². The van der Waals surface area contributed by atoms with Crippen LogP contribution >= 0.6 is 0 Å². The minimum absolute atomic E-state index is 0.0154. The Bertz CT molecular complexity index is 1080. The lowest BCUT2D eigenvalue weighted by molar-refractivity contribution is -0.337. The van der Waals surface area contributed by atoms with Crippen LogP contribution < -0.4 is 0 Å². The first-order valence-electron chi connectivity index (χ1n) is 13.9. The second-order valence-electron chi connectivity index (χ2n) is 13.2. The molecule has 2 heterocycles. The van der Waals surface area contributed by atoms with Crippen LogP contribution in [0.15, 0.2) is 23.8 Å². The maximum absolute atomic E-state index is 12.7. The van der Waals surface area contributed by atoms with Crippen molar-refractivity contribution < 1.29 is 28.6 Å². The van der Waals surface area contributed by atoms with Crippen LogP contribution in [0.25, 0.3) is 0 Å². The molecule has 2 saturated heterocycles. The second-order valence-corrected chi connectivity index (χ2v) is 13.2. The van der Waals surface area contributed by atoms with Gasteiger partial charge in [-0.25, -0.2) is 0 Å². The highest BCUT2D eigenvalue weighted by Crippen LogP contribution is 2.69. The van der Waals surface area contributed by atoms with E-state index in [0.29, 0.717) is 17.8 Å². The molecule has 0 aromatic heterocycles. The molecule has 196 valence electrons. The molecule has 0 radical (unpaired) electrons. The van der Waals surface area contributed by atoms with Crippen molar-refractivity contribution in [2.75, 3.05) is 0 Å². The van der Waals surface area contributed by atoms with E-state index in [0.717, 1.165) is 32.1 Å². The number of hydrogen-bond acceptors (Lipinski definition) is 6. The summed E-state index contributed by atoms with van der Waals surface area (Å²) < 4.78 is 18.9. The molecule has 0 bridgehead atoms. The van der Waals surface area contributed by atoms with Crippen LogP contribution in [0, 0.1) is 52.3 Å². The predicted octanol–water partition coefficient (Wildman–Crippen LogP) is 5.01. The topological polar surface area (TPSA) is 78.9 Å². The van der Waals surface area contributed by atoms with E-state index >= 15 is 0 Å². The summed E-state index contributed by atoms with van der Waals surface area (Å²) in [4.78, 5) is 37.1. The Morgan fingerprint density at radius 3 is 2.53 bits per heavy atom. The highest BCUT2D eigenvalue weighted by Gasteiger charge is 2.71. The largest absolute Gasteiger partial charge is 0.455 e. The number of carbonyl (C=O) groups is 3. The first kappa shape index (κ1) is 24.4. The number of ketones is 1. The van der Waals surface area contributed by atoms with Gasteiger partial charge in [0.25, 0.3) is 5.79 Å². The monoisotopic (exact) mass is 496 g/mol. The van der Waals surface area contributed by atoms with Crippen molar-refractivity contribution >= 4 is 17.7 Å². The third-order valence-electron chi connectivity index (χ3n) is 11.7. The lowest BCUT2D eigenvalue weighted by Gasteiger charge is -2.58. The molecule has 36 heavy (non-hydrogen) atoms. The maximum Gasteiger partial charge on any atom is 0.311 e. The number of fused-ring (bicyclic) bond motifs is 7. The van der Waals surface area contributed by atoms with Gasteiger partial charge in [0.2, 0.25) is 0 Å². The van der Waals surface area contributed by atoms with E-state index in [1.54, 1.807) is 6.08 Å². The zero-order chi connectivity index (χ0) is 25.8. The fourth-order valence-electron chi connectivity index (χ4n) is 9.86. The van der Waals surface area contributed by atoms with Crippen molar-refractivity contribution in [3.63, 3.8) is 0 Å². The van der Waals surface area contributed by atoms with Gasteiger partial charge in [0.05, 0.1) is 12.0 Å². The summed E-state index contributed by atoms with van der Waals surface area (Å²) in [7, 11) is 0. The van der Waals surface area contributed by atoms with Crippen LogP contribution in [0.2, 0.25) is 0 Å². The van der Waals surface area contributed by atoms with E-state index < -0.39 is 11.9 Å². The van der Waals surface area contributed by atoms with Gasteiger partial charge < -0.3 is 14.2 Å². The highest BCUT2D eigenvalue weighted by molar-refractivity contribution is 6.01. The molecule has 0 N–H and O–H groups in total. The van der Waals surface area contributed by atoms with Gasteiger partial charge in [0.15, 0.2) is 11.9 Å². The van der Waals surface area contributed by atoms with Crippen LogP contribution in [0.1, 0.15) is 73.6 Å². The van der Waals surface area contributed by atoms with Crippen molar-refractivity contribution in [2.45, 2.75) is 91.6 Å². The average Bonchev–Trinajstić information content (AvgIpc) is 3.23. The first-order chi connectivity index (χ1) is 16.9. The molecule has 6 rings (SSSR count). The lowest BCUT2D eigenvalue weighted by atomic mass is 9.47. The highest BCUT2D eigenvalue weighted by atomic mass is 16.8. The average molecular weight is 497 g/mol. The van der Waals surface area contributed by atoms with Crippen LogP contribution in [0.4, 0.5) is 0 Å². The third-order valence-corrected chi connectivity index (χ3v) is 11.7. The molecule has 0 amide bonds. The van der Waals surface area contributed by atoms with Crippen molar-refractivity contribution in [3.8, 4) is 0 Å². The van der Waals surface area contributed by atoms with Crippen molar-refractivity contribution in [3.05, 3.63) is 23.8 Å². The van der Waals surface area contributed by atoms with Gasteiger partial charge in [-0.2, -0.15) is 0 Å². The molecular formula is C30H40O6. The Morgan fingerprint density at radius 1 is 1.11 bits per heavy atom. The lowest BCUT2D eigenvalue weighted by Crippen LogP contribution is -2.63.